The van der Waals surface area contributed by atoms with Crippen LogP contribution in [0.25, 0.3) is 0 Å². The first-order chi connectivity index (χ1) is 14.8. The first kappa shape index (κ1) is 24.1. The van der Waals surface area contributed by atoms with Crippen LogP contribution in [-0.2, 0) is 19.1 Å². The number of esters is 1. The third-order valence-electron chi connectivity index (χ3n) is 4.86. The number of hydrogen-bond donors (Lipinski definition) is 1. The summed E-state index contributed by atoms with van der Waals surface area (Å²) in [6, 6.07) is 18.2. The predicted molar refractivity (Wildman–Crippen MR) is 122 cm³/mol. The predicted octanol–water partition coefficient (Wildman–Crippen LogP) is 4.47. The summed E-state index contributed by atoms with van der Waals surface area (Å²) >= 11 is 0. The Kier molecular flexibility index (Phi) is 9.25. The molecule has 0 fully saturated rings. The molecule has 31 heavy (non-hydrogen) atoms. The zero-order valence-electron chi connectivity index (χ0n) is 18.7. The molecule has 0 aliphatic heterocycles. The molecule has 0 bridgehead atoms. The largest absolute Gasteiger partial charge is 0.467 e. The number of methoxy groups -OCH3 is 1. The molecule has 6 heteroatoms. The van der Waals surface area contributed by atoms with Crippen LogP contribution in [0.15, 0.2) is 60.7 Å². The Labute approximate surface area is 184 Å². The van der Waals surface area contributed by atoms with Crippen molar-refractivity contribution in [2.45, 2.75) is 46.1 Å². The molecular weight excluding hydrogens is 392 g/mol. The zero-order chi connectivity index (χ0) is 22.8. The van der Waals surface area contributed by atoms with Crippen LogP contribution in [0.5, 0.6) is 0 Å². The van der Waals surface area contributed by atoms with Gasteiger partial charge in [-0.1, -0.05) is 57.2 Å². The molecule has 1 N–H and O–H groups in total. The molecule has 0 aliphatic carbocycles. The van der Waals surface area contributed by atoms with E-state index in [0.29, 0.717) is 6.42 Å². The van der Waals surface area contributed by atoms with Crippen molar-refractivity contribution in [1.82, 2.24) is 5.32 Å². The van der Waals surface area contributed by atoms with Gasteiger partial charge in [0.05, 0.1) is 7.11 Å². The van der Waals surface area contributed by atoms with E-state index in [2.05, 4.69) is 5.32 Å². The van der Waals surface area contributed by atoms with Crippen LogP contribution in [-0.4, -0.2) is 30.9 Å². The van der Waals surface area contributed by atoms with Gasteiger partial charge in [-0.3, -0.25) is 14.5 Å². The lowest BCUT2D eigenvalue weighted by Crippen LogP contribution is -2.43. The molecule has 0 saturated heterocycles. The second-order valence-corrected chi connectivity index (χ2v) is 8.19. The van der Waals surface area contributed by atoms with E-state index in [1.165, 1.54) is 7.11 Å². The summed E-state index contributed by atoms with van der Waals surface area (Å²) in [5.41, 5.74) is 1.55. The lowest BCUT2D eigenvalue weighted by Gasteiger charge is -2.25. The molecule has 0 heterocycles. The van der Waals surface area contributed by atoms with Crippen molar-refractivity contribution in [2.24, 2.45) is 11.8 Å². The Bertz CT molecular complexity index is 813. The SMILES string of the molecule is COC(=O)C(CC(C)C)NC(=O)CC(C)CC(=O)N(c1ccccc1)c1ccccc1. The standard InChI is InChI=1S/C25H32N2O4/c1-18(2)15-22(25(30)31-4)26-23(28)16-19(3)17-24(29)27(20-11-7-5-8-12-20)21-13-9-6-10-14-21/h5-14,18-19,22H,15-17H2,1-4H3,(H,26,28). The molecule has 2 unspecified atom stereocenters. The Balaban J connectivity index is 2.05. The van der Waals surface area contributed by atoms with Gasteiger partial charge >= 0.3 is 5.97 Å². The quantitative estimate of drug-likeness (QED) is 0.571. The van der Waals surface area contributed by atoms with E-state index >= 15 is 0 Å². The number of rotatable bonds is 10. The Hall–Kier alpha value is -3.15. The highest BCUT2D eigenvalue weighted by molar-refractivity contribution is 6.00. The third-order valence-corrected chi connectivity index (χ3v) is 4.86. The fourth-order valence-corrected chi connectivity index (χ4v) is 3.45. The van der Waals surface area contributed by atoms with Crippen molar-refractivity contribution in [3.8, 4) is 0 Å². The van der Waals surface area contributed by atoms with E-state index in [1.807, 2.05) is 81.4 Å². The highest BCUT2D eigenvalue weighted by Crippen LogP contribution is 2.27. The Morgan fingerprint density at radius 2 is 1.39 bits per heavy atom. The first-order valence-corrected chi connectivity index (χ1v) is 10.6. The number of nitrogens with zero attached hydrogens (tertiary/aromatic N) is 1. The minimum atomic E-state index is -0.675. The van der Waals surface area contributed by atoms with E-state index in [4.69, 9.17) is 4.74 Å². The van der Waals surface area contributed by atoms with E-state index in [-0.39, 0.29) is 36.5 Å². The molecule has 0 radical (unpaired) electrons. The van der Waals surface area contributed by atoms with Gasteiger partial charge in [0.1, 0.15) is 6.04 Å². The smallest absolute Gasteiger partial charge is 0.328 e. The number of anilines is 2. The molecule has 0 spiro atoms. The summed E-state index contributed by atoms with van der Waals surface area (Å²) in [5, 5.41) is 2.76. The van der Waals surface area contributed by atoms with Gasteiger partial charge in [0, 0.05) is 24.2 Å². The van der Waals surface area contributed by atoms with Gasteiger partial charge in [-0.05, 0) is 42.5 Å². The molecule has 6 nitrogen and oxygen atoms in total. The van der Waals surface area contributed by atoms with Gasteiger partial charge in [0.25, 0.3) is 0 Å². The number of hydrogen-bond acceptors (Lipinski definition) is 4. The minimum absolute atomic E-state index is 0.0931. The van der Waals surface area contributed by atoms with E-state index in [9.17, 15) is 14.4 Å². The fraction of sp³-hybridized carbons (Fsp3) is 0.400. The molecule has 2 amide bonds. The summed E-state index contributed by atoms with van der Waals surface area (Å²) in [5.74, 6) is -0.773. The van der Waals surface area contributed by atoms with E-state index in [1.54, 1.807) is 4.90 Å². The highest BCUT2D eigenvalue weighted by Gasteiger charge is 2.25. The number of amides is 2. The van der Waals surface area contributed by atoms with Crippen LogP contribution >= 0.6 is 0 Å². The normalized spacial score (nSPS) is 12.7. The average molecular weight is 425 g/mol. The topological polar surface area (TPSA) is 75.7 Å². The lowest BCUT2D eigenvalue weighted by molar-refractivity contribution is -0.145. The molecule has 0 aromatic heterocycles. The fourth-order valence-electron chi connectivity index (χ4n) is 3.45. The van der Waals surface area contributed by atoms with Crippen LogP contribution < -0.4 is 10.2 Å². The van der Waals surface area contributed by atoms with Gasteiger partial charge in [-0.25, -0.2) is 4.79 Å². The van der Waals surface area contributed by atoms with Crippen LogP contribution in [0.2, 0.25) is 0 Å². The summed E-state index contributed by atoms with van der Waals surface area (Å²) in [4.78, 5) is 39.3. The number of benzene rings is 2. The molecule has 0 saturated carbocycles. The van der Waals surface area contributed by atoms with Gasteiger partial charge in [0.2, 0.25) is 11.8 Å². The maximum absolute atomic E-state index is 13.2. The van der Waals surface area contributed by atoms with Crippen molar-refractivity contribution < 1.29 is 19.1 Å². The van der Waals surface area contributed by atoms with Gasteiger partial charge < -0.3 is 10.1 Å². The van der Waals surface area contributed by atoms with Crippen LogP contribution in [0.4, 0.5) is 11.4 Å². The summed E-state index contributed by atoms with van der Waals surface area (Å²) in [7, 11) is 1.31. The Morgan fingerprint density at radius 3 is 1.84 bits per heavy atom. The maximum atomic E-state index is 13.2. The second kappa shape index (κ2) is 11.9. The van der Waals surface area contributed by atoms with Crippen molar-refractivity contribution in [2.75, 3.05) is 12.0 Å². The molecule has 2 aromatic carbocycles. The third kappa shape index (κ3) is 7.55. The number of nitrogens with one attached hydrogen (secondary N) is 1. The number of carbonyl (C=O) groups is 3. The molecule has 2 aromatic rings. The number of carbonyl (C=O) groups excluding carboxylic acids is 3. The van der Waals surface area contributed by atoms with Crippen molar-refractivity contribution in [3.63, 3.8) is 0 Å². The Morgan fingerprint density at radius 1 is 0.871 bits per heavy atom. The molecule has 166 valence electrons. The second-order valence-electron chi connectivity index (χ2n) is 8.19. The van der Waals surface area contributed by atoms with Crippen molar-refractivity contribution >= 4 is 29.2 Å². The van der Waals surface area contributed by atoms with E-state index < -0.39 is 12.0 Å². The number of ether oxygens (including phenoxy) is 1. The first-order valence-electron chi connectivity index (χ1n) is 10.6. The molecule has 0 aliphatic rings. The highest BCUT2D eigenvalue weighted by atomic mass is 16.5. The van der Waals surface area contributed by atoms with Crippen LogP contribution in [0, 0.1) is 11.8 Å². The van der Waals surface area contributed by atoms with Crippen molar-refractivity contribution in [3.05, 3.63) is 60.7 Å². The molecule has 2 rings (SSSR count). The average Bonchev–Trinajstić information content (AvgIpc) is 2.73. The summed E-state index contributed by atoms with van der Waals surface area (Å²) in [6.45, 7) is 5.82. The molecule has 2 atom stereocenters. The maximum Gasteiger partial charge on any atom is 0.328 e. The lowest BCUT2D eigenvalue weighted by atomic mass is 10.00. The number of para-hydroxylation sites is 2. The summed E-state index contributed by atoms with van der Waals surface area (Å²) in [6.07, 6.45) is 0.848. The van der Waals surface area contributed by atoms with Gasteiger partial charge in [0.15, 0.2) is 0 Å². The minimum Gasteiger partial charge on any atom is -0.467 e. The monoisotopic (exact) mass is 424 g/mol. The van der Waals surface area contributed by atoms with E-state index in [0.717, 1.165) is 11.4 Å². The zero-order valence-corrected chi connectivity index (χ0v) is 18.7. The summed E-state index contributed by atoms with van der Waals surface area (Å²) < 4.78 is 4.80. The van der Waals surface area contributed by atoms with Crippen LogP contribution in [0.1, 0.15) is 40.0 Å². The van der Waals surface area contributed by atoms with Gasteiger partial charge in [-0.2, -0.15) is 0 Å². The van der Waals surface area contributed by atoms with Gasteiger partial charge in [-0.15, -0.1) is 0 Å². The van der Waals surface area contributed by atoms with Crippen LogP contribution in [0.3, 0.4) is 0 Å². The molecular formula is C25H32N2O4. The van der Waals surface area contributed by atoms with Crippen molar-refractivity contribution in [1.29, 1.82) is 0 Å².